The van der Waals surface area contributed by atoms with Crippen LogP contribution in [0.15, 0.2) is 63.7 Å². The lowest BCUT2D eigenvalue weighted by Crippen LogP contribution is -2.25. The van der Waals surface area contributed by atoms with E-state index in [0.717, 1.165) is 21.5 Å². The van der Waals surface area contributed by atoms with Gasteiger partial charge in [-0.15, -0.1) is 11.8 Å². The Morgan fingerprint density at radius 3 is 2.38 bits per heavy atom. The number of allylic oxidation sites excluding steroid dienone is 2. The predicted molar refractivity (Wildman–Crippen MR) is 113 cm³/mol. The summed E-state index contributed by atoms with van der Waals surface area (Å²) < 4.78 is 38.7. The third-order valence-corrected chi connectivity index (χ3v) is 7.10. The Labute approximate surface area is 180 Å². The van der Waals surface area contributed by atoms with Crippen molar-refractivity contribution in [2.75, 3.05) is 5.75 Å². The van der Waals surface area contributed by atoms with Gasteiger partial charge in [-0.3, -0.25) is 4.79 Å². The van der Waals surface area contributed by atoms with Crippen LogP contribution in [0, 0.1) is 11.8 Å². The number of carbonyl (C=O) groups excluding carboxylic acids is 1. The normalized spacial score (nSPS) is 18.8. The summed E-state index contributed by atoms with van der Waals surface area (Å²) in [6.45, 7) is 2.01. The van der Waals surface area contributed by atoms with Gasteiger partial charge in [-0.25, -0.2) is 0 Å². The van der Waals surface area contributed by atoms with Gasteiger partial charge in [0.1, 0.15) is 5.76 Å². The molecule has 0 heterocycles. The highest BCUT2D eigenvalue weighted by Crippen LogP contribution is 2.39. The zero-order valence-electron chi connectivity index (χ0n) is 15.7. The lowest BCUT2D eigenvalue weighted by atomic mass is 9.79. The van der Waals surface area contributed by atoms with Crippen molar-refractivity contribution in [3.05, 3.63) is 69.9 Å². The lowest BCUT2D eigenvalue weighted by Gasteiger charge is -2.28. The Hall–Kier alpha value is -1.73. The standard InChI is InChI=1S/C22H20BrF3O2S/c1-13(12-29-16-8-6-15(7-9-16)22(24,25)26)14-10-19(27)21(20(28)11-14)17-4-2-3-5-18(17)23/h2-9,13-14,27H,10-12H2,1H3. The Morgan fingerprint density at radius 1 is 1.14 bits per heavy atom. The summed E-state index contributed by atoms with van der Waals surface area (Å²) in [5.74, 6) is 0.785. The van der Waals surface area contributed by atoms with Crippen molar-refractivity contribution in [1.82, 2.24) is 0 Å². The van der Waals surface area contributed by atoms with Crippen molar-refractivity contribution in [3.8, 4) is 0 Å². The van der Waals surface area contributed by atoms with Crippen molar-refractivity contribution in [1.29, 1.82) is 0 Å². The van der Waals surface area contributed by atoms with E-state index < -0.39 is 11.7 Å². The van der Waals surface area contributed by atoms with Crippen LogP contribution in [-0.2, 0) is 11.0 Å². The number of hydrogen-bond donors (Lipinski definition) is 1. The average molecular weight is 485 g/mol. The molecule has 2 nitrogen and oxygen atoms in total. The maximum atomic E-state index is 12.7. The largest absolute Gasteiger partial charge is 0.512 e. The number of rotatable bonds is 5. The van der Waals surface area contributed by atoms with Crippen molar-refractivity contribution < 1.29 is 23.1 Å². The van der Waals surface area contributed by atoms with Gasteiger partial charge < -0.3 is 5.11 Å². The Morgan fingerprint density at radius 2 is 1.79 bits per heavy atom. The fourth-order valence-corrected chi connectivity index (χ4v) is 4.94. The van der Waals surface area contributed by atoms with Crippen molar-refractivity contribution in [2.45, 2.75) is 30.8 Å². The number of thioether (sulfide) groups is 1. The van der Waals surface area contributed by atoms with Crippen LogP contribution < -0.4 is 0 Å². The number of carbonyl (C=O) groups is 1. The van der Waals surface area contributed by atoms with Gasteiger partial charge in [-0.1, -0.05) is 41.1 Å². The van der Waals surface area contributed by atoms with Gasteiger partial charge in [0.2, 0.25) is 0 Å². The molecule has 2 aromatic carbocycles. The maximum Gasteiger partial charge on any atom is 0.416 e. The number of Topliss-reactive ketones (excluding diaryl/α,β-unsaturated/α-hetero) is 1. The van der Waals surface area contributed by atoms with Gasteiger partial charge in [0.05, 0.1) is 11.1 Å². The molecule has 0 fully saturated rings. The zero-order valence-corrected chi connectivity index (χ0v) is 18.1. The molecule has 0 amide bonds. The molecule has 0 radical (unpaired) electrons. The second kappa shape index (κ2) is 8.96. The van der Waals surface area contributed by atoms with Crippen LogP contribution >= 0.6 is 27.7 Å². The molecule has 7 heteroatoms. The molecule has 0 bridgehead atoms. The zero-order chi connectivity index (χ0) is 21.2. The number of hydrogen-bond acceptors (Lipinski definition) is 3. The first-order valence-corrected chi connectivity index (χ1v) is 10.9. The van der Waals surface area contributed by atoms with Gasteiger partial charge in [0.25, 0.3) is 0 Å². The highest BCUT2D eigenvalue weighted by Gasteiger charge is 2.32. The van der Waals surface area contributed by atoms with Gasteiger partial charge in [-0.05, 0) is 42.2 Å². The molecule has 2 aromatic rings. The third-order valence-electron chi connectivity index (χ3n) is 5.11. The van der Waals surface area contributed by atoms with E-state index in [9.17, 15) is 23.1 Å². The summed E-state index contributed by atoms with van der Waals surface area (Å²) in [5.41, 5.74) is 0.402. The molecule has 0 aromatic heterocycles. The molecule has 0 saturated carbocycles. The molecular weight excluding hydrogens is 465 g/mol. The van der Waals surface area contributed by atoms with E-state index in [-0.39, 0.29) is 23.4 Å². The molecule has 3 rings (SSSR count). The summed E-state index contributed by atoms with van der Waals surface area (Å²) in [4.78, 5) is 13.5. The number of aliphatic hydroxyl groups is 1. The first-order valence-electron chi connectivity index (χ1n) is 9.17. The van der Waals surface area contributed by atoms with Crippen LogP contribution in [-0.4, -0.2) is 16.6 Å². The second-order valence-corrected chi connectivity index (χ2v) is 9.15. The highest BCUT2D eigenvalue weighted by atomic mass is 79.9. The fourth-order valence-electron chi connectivity index (χ4n) is 3.40. The minimum atomic E-state index is -4.34. The van der Waals surface area contributed by atoms with Crippen molar-refractivity contribution in [3.63, 3.8) is 0 Å². The van der Waals surface area contributed by atoms with Crippen molar-refractivity contribution >= 4 is 39.0 Å². The first-order chi connectivity index (χ1) is 13.7. The van der Waals surface area contributed by atoms with Gasteiger partial charge in [0, 0.05) is 33.5 Å². The van der Waals surface area contributed by atoms with E-state index in [1.807, 2.05) is 25.1 Å². The van der Waals surface area contributed by atoms with E-state index in [0.29, 0.717) is 29.7 Å². The van der Waals surface area contributed by atoms with Crippen molar-refractivity contribution in [2.24, 2.45) is 11.8 Å². The molecule has 2 atom stereocenters. The molecule has 29 heavy (non-hydrogen) atoms. The molecule has 1 aliphatic rings. The molecule has 0 aliphatic heterocycles. The minimum absolute atomic E-state index is 0.00399. The first kappa shape index (κ1) is 22.0. The maximum absolute atomic E-state index is 12.7. The Bertz CT molecular complexity index is 922. The van der Waals surface area contributed by atoms with E-state index in [1.54, 1.807) is 6.07 Å². The van der Waals surface area contributed by atoms with Gasteiger partial charge in [-0.2, -0.15) is 13.2 Å². The summed E-state index contributed by atoms with van der Waals surface area (Å²) >= 11 is 4.89. The summed E-state index contributed by atoms with van der Waals surface area (Å²) in [5, 5.41) is 10.6. The number of alkyl halides is 3. The van der Waals surface area contributed by atoms with Gasteiger partial charge >= 0.3 is 6.18 Å². The molecule has 0 saturated heterocycles. The minimum Gasteiger partial charge on any atom is -0.512 e. The van der Waals surface area contributed by atoms with Crippen LogP contribution in [0.2, 0.25) is 0 Å². The van der Waals surface area contributed by atoms with Crippen LogP contribution in [0.5, 0.6) is 0 Å². The van der Waals surface area contributed by atoms with Crippen LogP contribution in [0.1, 0.15) is 30.9 Å². The fraction of sp³-hybridized carbons (Fsp3) is 0.318. The summed E-state index contributed by atoms with van der Waals surface area (Å²) in [6.07, 6.45) is -3.58. The molecule has 154 valence electrons. The van der Waals surface area contributed by atoms with E-state index in [4.69, 9.17) is 0 Å². The topological polar surface area (TPSA) is 37.3 Å². The molecule has 2 unspecified atom stereocenters. The average Bonchev–Trinajstić information content (AvgIpc) is 2.66. The Balaban J connectivity index is 1.65. The van der Waals surface area contributed by atoms with Gasteiger partial charge in [0.15, 0.2) is 5.78 Å². The number of ketones is 1. The second-order valence-electron chi connectivity index (χ2n) is 7.20. The van der Waals surface area contributed by atoms with Crippen LogP contribution in [0.4, 0.5) is 13.2 Å². The van der Waals surface area contributed by atoms with Crippen LogP contribution in [0.25, 0.3) is 5.57 Å². The van der Waals surface area contributed by atoms with E-state index in [2.05, 4.69) is 15.9 Å². The smallest absolute Gasteiger partial charge is 0.416 e. The monoisotopic (exact) mass is 484 g/mol. The number of aliphatic hydroxyl groups excluding tert-OH is 1. The van der Waals surface area contributed by atoms with E-state index >= 15 is 0 Å². The third kappa shape index (κ3) is 5.25. The SMILES string of the molecule is CC(CSc1ccc(C(F)(F)F)cc1)C1CC(=O)C(c2ccccc2Br)=C(O)C1. The summed E-state index contributed by atoms with van der Waals surface area (Å²) in [7, 11) is 0. The Kier molecular flexibility index (Phi) is 6.79. The lowest BCUT2D eigenvalue weighted by molar-refractivity contribution is -0.137. The number of benzene rings is 2. The molecule has 1 aliphatic carbocycles. The van der Waals surface area contributed by atoms with E-state index in [1.165, 1.54) is 23.9 Å². The molecule has 0 spiro atoms. The highest BCUT2D eigenvalue weighted by molar-refractivity contribution is 9.10. The molecule has 1 N–H and O–H groups in total. The molecular formula is C22H20BrF3O2S. The summed E-state index contributed by atoms with van der Waals surface area (Å²) in [6, 6.07) is 12.4. The number of halogens is 4. The van der Waals surface area contributed by atoms with Crippen LogP contribution in [0.3, 0.4) is 0 Å². The quantitative estimate of drug-likeness (QED) is 0.458. The predicted octanol–water partition coefficient (Wildman–Crippen LogP) is 7.14.